The van der Waals surface area contributed by atoms with E-state index in [9.17, 15) is 39.5 Å². The maximum Gasteiger partial charge on any atom is 0.433 e. The Kier molecular flexibility index (Phi) is 4.28. The maximum absolute atomic E-state index is 12.8. The van der Waals surface area contributed by atoms with E-state index in [2.05, 4.69) is 4.98 Å². The molecule has 0 fully saturated rings. The van der Waals surface area contributed by atoms with Gasteiger partial charge in [-0.15, -0.1) is 0 Å². The average Bonchev–Trinajstić information content (AvgIpc) is 2.44. The first-order chi connectivity index (χ1) is 10.8. The summed E-state index contributed by atoms with van der Waals surface area (Å²) in [5.41, 5.74) is -6.06. The monoisotopic (exact) mass is 359 g/mol. The molecule has 1 heterocycles. The van der Waals surface area contributed by atoms with Crippen LogP contribution in [0.2, 0.25) is 0 Å². The van der Waals surface area contributed by atoms with E-state index in [0.717, 1.165) is 12.1 Å². The molecule has 2 aromatic rings. The second-order valence-corrected chi connectivity index (χ2v) is 4.70. The van der Waals surface area contributed by atoms with E-state index in [1.807, 2.05) is 0 Å². The van der Waals surface area contributed by atoms with Gasteiger partial charge in [0, 0.05) is 5.56 Å². The number of alkyl halides is 9. The third kappa shape index (κ3) is 3.98. The van der Waals surface area contributed by atoms with Crippen molar-refractivity contribution in [2.45, 2.75) is 18.5 Å². The van der Waals surface area contributed by atoms with E-state index in [1.165, 1.54) is 0 Å². The lowest BCUT2D eigenvalue weighted by Gasteiger charge is -2.14. The first kappa shape index (κ1) is 18.1. The van der Waals surface area contributed by atoms with Gasteiger partial charge < -0.3 is 0 Å². The molecule has 2 rings (SSSR count). The van der Waals surface area contributed by atoms with Crippen molar-refractivity contribution in [2.24, 2.45) is 0 Å². The van der Waals surface area contributed by atoms with Gasteiger partial charge in [-0.05, 0) is 30.3 Å². The highest BCUT2D eigenvalue weighted by atomic mass is 19.4. The van der Waals surface area contributed by atoms with Crippen LogP contribution >= 0.6 is 0 Å². The third-order valence-corrected chi connectivity index (χ3v) is 2.92. The Balaban J connectivity index is 2.66. The van der Waals surface area contributed by atoms with Crippen LogP contribution in [0.5, 0.6) is 0 Å². The van der Waals surface area contributed by atoms with Gasteiger partial charge >= 0.3 is 18.5 Å². The molecule has 0 N–H and O–H groups in total. The minimum atomic E-state index is -5.10. The highest BCUT2D eigenvalue weighted by molar-refractivity contribution is 5.62. The second-order valence-electron chi connectivity index (χ2n) is 4.70. The van der Waals surface area contributed by atoms with E-state index in [1.54, 1.807) is 0 Å². The molecule has 0 unspecified atom stereocenters. The second kappa shape index (κ2) is 5.67. The van der Waals surface area contributed by atoms with Gasteiger partial charge in [-0.2, -0.15) is 39.5 Å². The van der Waals surface area contributed by atoms with Gasteiger partial charge in [0.2, 0.25) is 0 Å². The smallest absolute Gasteiger partial charge is 0.243 e. The predicted octanol–water partition coefficient (Wildman–Crippen LogP) is 5.81. The Bertz CT molecular complexity index is 709. The van der Waals surface area contributed by atoms with Gasteiger partial charge in [0.15, 0.2) is 0 Å². The number of hydrogen-bond acceptors (Lipinski definition) is 1. The largest absolute Gasteiger partial charge is 0.433 e. The topological polar surface area (TPSA) is 12.9 Å². The van der Waals surface area contributed by atoms with Crippen LogP contribution in [0.3, 0.4) is 0 Å². The van der Waals surface area contributed by atoms with Gasteiger partial charge in [0.25, 0.3) is 0 Å². The molecule has 0 spiro atoms. The van der Waals surface area contributed by atoms with Crippen LogP contribution in [0, 0.1) is 0 Å². The normalized spacial score (nSPS) is 13.2. The summed E-state index contributed by atoms with van der Waals surface area (Å²) in [6, 6.07) is 2.82. The lowest BCUT2D eigenvalue weighted by atomic mass is 10.0. The van der Waals surface area contributed by atoms with Gasteiger partial charge in [0.05, 0.1) is 16.8 Å². The number of halogens is 9. The minimum absolute atomic E-state index is 0.114. The fraction of sp³-hybridized carbons (Fsp3) is 0.214. The van der Waals surface area contributed by atoms with Crippen molar-refractivity contribution in [1.29, 1.82) is 0 Å². The van der Waals surface area contributed by atoms with Gasteiger partial charge in [-0.3, -0.25) is 0 Å². The van der Waals surface area contributed by atoms with Crippen LogP contribution < -0.4 is 0 Å². The molecule has 10 heteroatoms. The van der Waals surface area contributed by atoms with Gasteiger partial charge in [-0.1, -0.05) is 6.07 Å². The highest BCUT2D eigenvalue weighted by Crippen LogP contribution is 2.38. The molecule has 0 saturated heterocycles. The van der Waals surface area contributed by atoms with Crippen LogP contribution in [-0.4, -0.2) is 4.98 Å². The Morgan fingerprint density at radius 3 is 1.54 bits per heavy atom. The number of nitrogens with zero attached hydrogens (tertiary/aromatic N) is 1. The molecular formula is C14H6F9N. The van der Waals surface area contributed by atoms with E-state index in [4.69, 9.17) is 0 Å². The molecule has 1 aromatic carbocycles. The zero-order chi connectivity index (χ0) is 18.3. The molecule has 130 valence electrons. The van der Waals surface area contributed by atoms with Crippen molar-refractivity contribution in [2.75, 3.05) is 0 Å². The van der Waals surface area contributed by atoms with Gasteiger partial charge in [0.1, 0.15) is 5.69 Å². The summed E-state index contributed by atoms with van der Waals surface area (Å²) < 4.78 is 114. The molecule has 24 heavy (non-hydrogen) atoms. The van der Waals surface area contributed by atoms with Crippen molar-refractivity contribution in [3.8, 4) is 11.3 Å². The molecule has 1 nitrogen and oxygen atoms in total. The lowest BCUT2D eigenvalue weighted by molar-refractivity contribution is -0.143. The van der Waals surface area contributed by atoms with Crippen molar-refractivity contribution in [1.82, 2.24) is 4.98 Å². The summed E-state index contributed by atoms with van der Waals surface area (Å²) in [6.45, 7) is 0. The summed E-state index contributed by atoms with van der Waals surface area (Å²) in [7, 11) is 0. The molecule has 0 radical (unpaired) electrons. The first-order valence-corrected chi connectivity index (χ1v) is 6.12. The van der Waals surface area contributed by atoms with E-state index < -0.39 is 46.6 Å². The van der Waals surface area contributed by atoms with Crippen LogP contribution in [0.25, 0.3) is 11.3 Å². The standard InChI is InChI=1S/C14H6F9N/c15-12(16,17)8-4-7(5-9(6-8)13(18,19)20)10-2-1-3-11(24-10)14(21,22)23/h1-6H. The molecule has 0 amide bonds. The summed E-state index contributed by atoms with van der Waals surface area (Å²) in [4.78, 5) is 3.10. The molecular weight excluding hydrogens is 353 g/mol. The van der Waals surface area contributed by atoms with E-state index in [0.29, 0.717) is 18.2 Å². The van der Waals surface area contributed by atoms with Crippen molar-refractivity contribution < 1.29 is 39.5 Å². The number of aromatic nitrogens is 1. The minimum Gasteiger partial charge on any atom is -0.243 e. The van der Waals surface area contributed by atoms with Crippen molar-refractivity contribution >= 4 is 0 Å². The number of pyridine rings is 1. The molecule has 0 bridgehead atoms. The summed E-state index contributed by atoms with van der Waals surface area (Å²) >= 11 is 0. The Labute approximate surface area is 128 Å². The number of rotatable bonds is 1. The van der Waals surface area contributed by atoms with E-state index in [-0.39, 0.29) is 6.07 Å². The summed E-state index contributed by atoms with van der Waals surface area (Å²) in [5, 5.41) is 0. The third-order valence-electron chi connectivity index (χ3n) is 2.92. The maximum atomic E-state index is 12.8. The van der Waals surface area contributed by atoms with Crippen molar-refractivity contribution in [3.05, 3.63) is 53.2 Å². The SMILES string of the molecule is FC(F)(F)c1cc(-c2cccc(C(F)(F)F)n2)cc(C(F)(F)F)c1. The molecule has 0 saturated carbocycles. The van der Waals surface area contributed by atoms with Crippen LogP contribution in [0.1, 0.15) is 16.8 Å². The fourth-order valence-corrected chi connectivity index (χ4v) is 1.86. The lowest BCUT2D eigenvalue weighted by Crippen LogP contribution is -2.12. The Hall–Kier alpha value is -2.26. The average molecular weight is 359 g/mol. The summed E-state index contributed by atoms with van der Waals surface area (Å²) in [6.07, 6.45) is -15.1. The van der Waals surface area contributed by atoms with Crippen LogP contribution in [-0.2, 0) is 18.5 Å². The molecule has 0 aliphatic heterocycles. The fourth-order valence-electron chi connectivity index (χ4n) is 1.86. The zero-order valence-corrected chi connectivity index (χ0v) is 11.3. The quantitative estimate of drug-likeness (QED) is 0.586. The van der Waals surface area contributed by atoms with Gasteiger partial charge in [-0.25, -0.2) is 4.98 Å². The summed E-state index contributed by atoms with van der Waals surface area (Å²) in [5.74, 6) is 0. The highest BCUT2D eigenvalue weighted by Gasteiger charge is 2.37. The Morgan fingerprint density at radius 2 is 1.12 bits per heavy atom. The predicted molar refractivity (Wildman–Crippen MR) is 64.7 cm³/mol. The van der Waals surface area contributed by atoms with Crippen LogP contribution in [0.4, 0.5) is 39.5 Å². The molecule has 0 aliphatic carbocycles. The Morgan fingerprint density at radius 1 is 0.625 bits per heavy atom. The molecule has 0 aliphatic rings. The number of benzene rings is 1. The number of hydrogen-bond donors (Lipinski definition) is 0. The van der Waals surface area contributed by atoms with E-state index >= 15 is 0 Å². The first-order valence-electron chi connectivity index (χ1n) is 6.12. The molecule has 1 aromatic heterocycles. The zero-order valence-electron chi connectivity index (χ0n) is 11.3. The molecule has 0 atom stereocenters. The van der Waals surface area contributed by atoms with Crippen molar-refractivity contribution in [3.63, 3.8) is 0 Å². The van der Waals surface area contributed by atoms with Crippen LogP contribution in [0.15, 0.2) is 36.4 Å².